The summed E-state index contributed by atoms with van der Waals surface area (Å²) in [5.41, 5.74) is 5.71. The Labute approximate surface area is 166 Å². The van der Waals surface area contributed by atoms with Gasteiger partial charge in [0.1, 0.15) is 0 Å². The van der Waals surface area contributed by atoms with Crippen LogP contribution < -0.4 is 15.5 Å². The quantitative estimate of drug-likeness (QED) is 0.657. The number of hydrogen-bond donors (Lipinski definition) is 2. The first-order chi connectivity index (χ1) is 13.7. The molecule has 1 aliphatic rings. The molecule has 4 rings (SSSR count). The molecule has 3 aromatic rings. The number of hydrogen-bond acceptors (Lipinski definition) is 6. The van der Waals surface area contributed by atoms with Crippen LogP contribution in [0.4, 0.5) is 28.8 Å². The number of benzene rings is 2. The number of rotatable bonds is 5. The molecule has 144 valence electrons. The molecule has 0 radical (unpaired) electrons. The third-order valence-electron chi connectivity index (χ3n) is 5.18. The summed E-state index contributed by atoms with van der Waals surface area (Å²) >= 11 is 0. The maximum atomic E-state index is 4.52. The molecule has 1 saturated heterocycles. The van der Waals surface area contributed by atoms with E-state index in [1.807, 2.05) is 6.07 Å². The van der Waals surface area contributed by atoms with E-state index in [1.165, 1.54) is 36.1 Å². The fourth-order valence-corrected chi connectivity index (χ4v) is 3.42. The lowest BCUT2D eigenvalue weighted by Crippen LogP contribution is -2.29. The van der Waals surface area contributed by atoms with Crippen molar-refractivity contribution in [2.75, 3.05) is 28.6 Å². The van der Waals surface area contributed by atoms with Crippen LogP contribution in [0.25, 0.3) is 0 Å². The van der Waals surface area contributed by atoms with Gasteiger partial charge in [0.15, 0.2) is 5.82 Å². The normalized spacial score (nSPS) is 14.0. The average molecular weight is 374 g/mol. The second-order valence-corrected chi connectivity index (χ2v) is 7.31. The Morgan fingerprint density at radius 3 is 2.32 bits per heavy atom. The van der Waals surface area contributed by atoms with Gasteiger partial charge in [-0.1, -0.05) is 6.07 Å². The van der Waals surface area contributed by atoms with Crippen molar-refractivity contribution < 1.29 is 0 Å². The Morgan fingerprint density at radius 1 is 0.821 bits per heavy atom. The van der Waals surface area contributed by atoms with Gasteiger partial charge in [-0.2, -0.15) is 10.1 Å². The van der Waals surface area contributed by atoms with Crippen molar-refractivity contribution in [3.8, 4) is 0 Å². The van der Waals surface area contributed by atoms with E-state index in [9.17, 15) is 0 Å². The number of nitrogens with one attached hydrogen (secondary N) is 2. The third-order valence-corrected chi connectivity index (χ3v) is 5.18. The highest BCUT2D eigenvalue weighted by molar-refractivity contribution is 5.61. The number of anilines is 5. The van der Waals surface area contributed by atoms with E-state index in [0.717, 1.165) is 24.5 Å². The van der Waals surface area contributed by atoms with Gasteiger partial charge in [0.05, 0.1) is 6.20 Å². The van der Waals surface area contributed by atoms with Gasteiger partial charge in [-0.15, -0.1) is 5.10 Å². The van der Waals surface area contributed by atoms with E-state index >= 15 is 0 Å². The van der Waals surface area contributed by atoms with Gasteiger partial charge in [0.2, 0.25) is 5.95 Å². The highest BCUT2D eigenvalue weighted by Crippen LogP contribution is 2.23. The number of piperidine rings is 1. The van der Waals surface area contributed by atoms with Crippen LogP contribution in [0.5, 0.6) is 0 Å². The second-order valence-electron chi connectivity index (χ2n) is 7.31. The van der Waals surface area contributed by atoms with Crippen LogP contribution in [0.1, 0.15) is 30.4 Å². The Hall–Kier alpha value is -3.15. The van der Waals surface area contributed by atoms with Gasteiger partial charge >= 0.3 is 0 Å². The Morgan fingerprint density at radius 2 is 1.57 bits per heavy atom. The molecule has 0 bridgehead atoms. The van der Waals surface area contributed by atoms with Crippen LogP contribution in [0, 0.1) is 13.8 Å². The Kier molecular flexibility index (Phi) is 5.37. The molecule has 0 spiro atoms. The number of nitrogens with zero attached hydrogens (tertiary/aromatic N) is 4. The standard InChI is InChI=1S/C22H26N6/c1-16-6-7-19(14-17(16)2)24-21-15-23-27-22(26-21)25-18-8-10-20(11-9-18)28-12-4-3-5-13-28/h6-11,14-15H,3-5,12-13H2,1-2H3,(H2,24,25,26,27). The van der Waals surface area contributed by atoms with Crippen LogP contribution in [-0.4, -0.2) is 28.3 Å². The van der Waals surface area contributed by atoms with Crippen molar-refractivity contribution in [2.24, 2.45) is 0 Å². The lowest BCUT2D eigenvalue weighted by Gasteiger charge is -2.28. The summed E-state index contributed by atoms with van der Waals surface area (Å²) in [7, 11) is 0. The van der Waals surface area contributed by atoms with Crippen LogP contribution >= 0.6 is 0 Å². The molecule has 2 heterocycles. The van der Waals surface area contributed by atoms with Gasteiger partial charge in [-0.3, -0.25) is 0 Å². The fraction of sp³-hybridized carbons (Fsp3) is 0.318. The number of aryl methyl sites for hydroxylation is 2. The molecule has 0 atom stereocenters. The highest BCUT2D eigenvalue weighted by Gasteiger charge is 2.10. The van der Waals surface area contributed by atoms with E-state index in [0.29, 0.717) is 11.8 Å². The smallest absolute Gasteiger partial charge is 0.249 e. The summed E-state index contributed by atoms with van der Waals surface area (Å²) in [6.45, 7) is 6.49. The summed E-state index contributed by atoms with van der Waals surface area (Å²) in [4.78, 5) is 6.97. The zero-order valence-electron chi connectivity index (χ0n) is 16.4. The van der Waals surface area contributed by atoms with Crippen molar-refractivity contribution in [1.29, 1.82) is 0 Å². The van der Waals surface area contributed by atoms with Crippen LogP contribution in [-0.2, 0) is 0 Å². The van der Waals surface area contributed by atoms with Crippen molar-refractivity contribution >= 4 is 28.8 Å². The second kappa shape index (κ2) is 8.25. The molecule has 0 unspecified atom stereocenters. The first-order valence-corrected chi connectivity index (χ1v) is 9.83. The monoisotopic (exact) mass is 374 g/mol. The topological polar surface area (TPSA) is 66.0 Å². The Balaban J connectivity index is 1.43. The minimum Gasteiger partial charge on any atom is -0.372 e. The molecule has 0 saturated carbocycles. The van der Waals surface area contributed by atoms with Crippen molar-refractivity contribution in [1.82, 2.24) is 15.2 Å². The predicted molar refractivity (Wildman–Crippen MR) is 115 cm³/mol. The molecular weight excluding hydrogens is 348 g/mol. The van der Waals surface area contributed by atoms with Crippen LogP contribution in [0.15, 0.2) is 48.7 Å². The summed E-state index contributed by atoms with van der Waals surface area (Å²) in [6.07, 6.45) is 5.52. The van der Waals surface area contributed by atoms with Crippen LogP contribution in [0.2, 0.25) is 0 Å². The van der Waals surface area contributed by atoms with E-state index in [1.54, 1.807) is 6.20 Å². The first-order valence-electron chi connectivity index (χ1n) is 9.83. The zero-order chi connectivity index (χ0) is 19.3. The average Bonchev–Trinajstić information content (AvgIpc) is 2.72. The van der Waals surface area contributed by atoms with Gasteiger partial charge < -0.3 is 15.5 Å². The molecule has 6 nitrogen and oxygen atoms in total. The lowest BCUT2D eigenvalue weighted by molar-refractivity contribution is 0.578. The van der Waals surface area contributed by atoms with E-state index in [4.69, 9.17) is 0 Å². The van der Waals surface area contributed by atoms with Gasteiger partial charge in [0, 0.05) is 30.2 Å². The Bertz CT molecular complexity index is 932. The minimum absolute atomic E-state index is 0.472. The van der Waals surface area contributed by atoms with Crippen molar-refractivity contribution in [3.05, 3.63) is 59.8 Å². The molecule has 1 aromatic heterocycles. The van der Waals surface area contributed by atoms with Gasteiger partial charge in [-0.25, -0.2) is 0 Å². The molecule has 0 amide bonds. The lowest BCUT2D eigenvalue weighted by atomic mass is 10.1. The summed E-state index contributed by atoms with van der Waals surface area (Å²) in [5.74, 6) is 1.13. The van der Waals surface area contributed by atoms with E-state index in [-0.39, 0.29) is 0 Å². The molecule has 0 aliphatic carbocycles. The SMILES string of the molecule is Cc1ccc(Nc2cnnc(Nc3ccc(N4CCCCC4)cc3)n2)cc1C. The largest absolute Gasteiger partial charge is 0.372 e. The zero-order valence-corrected chi connectivity index (χ0v) is 16.4. The summed E-state index contributed by atoms with van der Waals surface area (Å²) < 4.78 is 0. The van der Waals surface area contributed by atoms with Crippen molar-refractivity contribution in [2.45, 2.75) is 33.1 Å². The minimum atomic E-state index is 0.472. The predicted octanol–water partition coefficient (Wildman–Crippen LogP) is 4.97. The molecule has 2 aromatic carbocycles. The first kappa shape index (κ1) is 18.2. The highest BCUT2D eigenvalue weighted by atomic mass is 15.3. The summed E-state index contributed by atoms with van der Waals surface area (Å²) in [5, 5.41) is 14.7. The van der Waals surface area contributed by atoms with E-state index in [2.05, 4.69) is 81.0 Å². The van der Waals surface area contributed by atoms with Crippen molar-refractivity contribution in [3.63, 3.8) is 0 Å². The molecule has 1 fully saturated rings. The van der Waals surface area contributed by atoms with Gasteiger partial charge in [-0.05, 0) is 80.6 Å². The molecular formula is C22H26N6. The maximum absolute atomic E-state index is 4.52. The van der Waals surface area contributed by atoms with Crippen LogP contribution in [0.3, 0.4) is 0 Å². The maximum Gasteiger partial charge on any atom is 0.249 e. The number of aromatic nitrogens is 3. The fourth-order valence-electron chi connectivity index (χ4n) is 3.42. The van der Waals surface area contributed by atoms with Gasteiger partial charge in [0.25, 0.3) is 0 Å². The molecule has 2 N–H and O–H groups in total. The molecule has 6 heteroatoms. The molecule has 1 aliphatic heterocycles. The summed E-state index contributed by atoms with van der Waals surface area (Å²) in [6, 6.07) is 14.7. The third kappa shape index (κ3) is 4.39. The van der Waals surface area contributed by atoms with E-state index < -0.39 is 0 Å². The molecule has 28 heavy (non-hydrogen) atoms.